The van der Waals surface area contributed by atoms with Crippen molar-refractivity contribution in [2.45, 2.75) is 13.1 Å². The van der Waals surface area contributed by atoms with Gasteiger partial charge in [0.05, 0.1) is 29.8 Å². The first kappa shape index (κ1) is 12.6. The van der Waals surface area contributed by atoms with Gasteiger partial charge in [-0.15, -0.1) is 0 Å². The van der Waals surface area contributed by atoms with Crippen LogP contribution in [0.1, 0.15) is 5.56 Å². The second-order valence-corrected chi connectivity index (χ2v) is 4.57. The van der Waals surface area contributed by atoms with Crippen LogP contribution in [0, 0.1) is 0 Å². The molecule has 3 rings (SSSR count). The Morgan fingerprint density at radius 2 is 2.15 bits per heavy atom. The van der Waals surface area contributed by atoms with E-state index in [9.17, 15) is 4.79 Å². The minimum absolute atomic E-state index is 0.000658. The fourth-order valence-electron chi connectivity index (χ4n) is 2.09. The minimum Gasteiger partial charge on any atom is -0.472 e. The number of nitrogens with zero attached hydrogens (tertiary/aromatic N) is 2. The first-order valence-corrected chi connectivity index (χ1v) is 6.50. The largest absolute Gasteiger partial charge is 0.472 e. The van der Waals surface area contributed by atoms with Crippen LogP contribution in [0.25, 0.3) is 10.9 Å². The van der Waals surface area contributed by atoms with Gasteiger partial charge in [0.25, 0.3) is 5.56 Å². The van der Waals surface area contributed by atoms with E-state index in [-0.39, 0.29) is 5.56 Å². The van der Waals surface area contributed by atoms with Crippen LogP contribution in [0.2, 0.25) is 0 Å². The van der Waals surface area contributed by atoms with Crippen molar-refractivity contribution in [2.75, 3.05) is 6.54 Å². The monoisotopic (exact) mass is 269 g/mol. The molecular formula is C15H15N3O2. The molecule has 0 aliphatic rings. The van der Waals surface area contributed by atoms with Gasteiger partial charge >= 0.3 is 0 Å². The number of hydrogen-bond donors (Lipinski definition) is 1. The second kappa shape index (κ2) is 5.71. The SMILES string of the molecule is O=c1c2ccccc2ncn1CCNCc1ccoc1. The van der Waals surface area contributed by atoms with Gasteiger partial charge in [0.15, 0.2) is 0 Å². The van der Waals surface area contributed by atoms with Crippen LogP contribution in [-0.4, -0.2) is 16.1 Å². The second-order valence-electron chi connectivity index (χ2n) is 4.57. The van der Waals surface area contributed by atoms with Gasteiger partial charge in [-0.05, 0) is 18.2 Å². The van der Waals surface area contributed by atoms with E-state index in [2.05, 4.69) is 10.3 Å². The number of fused-ring (bicyclic) bond motifs is 1. The average molecular weight is 269 g/mol. The lowest BCUT2D eigenvalue weighted by molar-refractivity contribution is 0.553. The molecule has 2 heterocycles. The quantitative estimate of drug-likeness (QED) is 0.717. The van der Waals surface area contributed by atoms with E-state index in [0.717, 1.165) is 17.6 Å². The molecule has 0 aliphatic carbocycles. The molecule has 102 valence electrons. The molecule has 2 aromatic heterocycles. The molecule has 0 fully saturated rings. The highest BCUT2D eigenvalue weighted by atomic mass is 16.3. The lowest BCUT2D eigenvalue weighted by Gasteiger charge is -2.07. The summed E-state index contributed by atoms with van der Waals surface area (Å²) in [5.41, 5.74) is 1.83. The summed E-state index contributed by atoms with van der Waals surface area (Å²) in [6, 6.07) is 9.30. The fourth-order valence-corrected chi connectivity index (χ4v) is 2.09. The fraction of sp³-hybridized carbons (Fsp3) is 0.200. The van der Waals surface area contributed by atoms with Crippen molar-refractivity contribution in [2.24, 2.45) is 0 Å². The van der Waals surface area contributed by atoms with Gasteiger partial charge in [0.1, 0.15) is 0 Å². The van der Waals surface area contributed by atoms with Gasteiger partial charge in [-0.1, -0.05) is 12.1 Å². The summed E-state index contributed by atoms with van der Waals surface area (Å²) in [5, 5.41) is 3.92. The van der Waals surface area contributed by atoms with Crippen molar-refractivity contribution in [3.63, 3.8) is 0 Å². The Morgan fingerprint density at radius 1 is 1.25 bits per heavy atom. The summed E-state index contributed by atoms with van der Waals surface area (Å²) in [4.78, 5) is 16.5. The van der Waals surface area contributed by atoms with Crippen molar-refractivity contribution in [3.05, 3.63) is 65.1 Å². The summed E-state index contributed by atoms with van der Waals surface area (Å²) >= 11 is 0. The summed E-state index contributed by atoms with van der Waals surface area (Å²) in [6.45, 7) is 2.02. The Hall–Kier alpha value is -2.40. The lowest BCUT2D eigenvalue weighted by Crippen LogP contribution is -2.27. The molecule has 20 heavy (non-hydrogen) atoms. The Kier molecular flexibility index (Phi) is 3.60. The van der Waals surface area contributed by atoms with Crippen LogP contribution in [0.4, 0.5) is 0 Å². The first-order valence-electron chi connectivity index (χ1n) is 6.50. The molecule has 0 unspecified atom stereocenters. The Labute approximate surface area is 115 Å². The van der Waals surface area contributed by atoms with E-state index in [0.29, 0.717) is 18.5 Å². The van der Waals surface area contributed by atoms with Crippen LogP contribution in [0.3, 0.4) is 0 Å². The van der Waals surface area contributed by atoms with Gasteiger partial charge in [-0.3, -0.25) is 9.36 Å². The molecule has 1 aromatic carbocycles. The van der Waals surface area contributed by atoms with Crippen LogP contribution < -0.4 is 10.9 Å². The maximum absolute atomic E-state index is 12.2. The van der Waals surface area contributed by atoms with Gasteiger partial charge < -0.3 is 9.73 Å². The lowest BCUT2D eigenvalue weighted by atomic mass is 10.2. The van der Waals surface area contributed by atoms with E-state index in [1.54, 1.807) is 29.5 Å². The van der Waals surface area contributed by atoms with Crippen LogP contribution in [0.15, 0.2) is 58.4 Å². The first-order chi connectivity index (χ1) is 9.84. The number of rotatable bonds is 5. The minimum atomic E-state index is 0.000658. The Bertz CT molecular complexity index is 747. The maximum Gasteiger partial charge on any atom is 0.261 e. The van der Waals surface area contributed by atoms with Crippen LogP contribution in [-0.2, 0) is 13.1 Å². The van der Waals surface area contributed by atoms with E-state index < -0.39 is 0 Å². The molecule has 0 saturated carbocycles. The van der Waals surface area contributed by atoms with E-state index in [1.165, 1.54) is 0 Å². The molecule has 5 heteroatoms. The van der Waals surface area contributed by atoms with Crippen molar-refractivity contribution in [1.82, 2.24) is 14.9 Å². The number of para-hydroxylation sites is 1. The van der Waals surface area contributed by atoms with E-state index in [4.69, 9.17) is 4.42 Å². The molecule has 0 bridgehead atoms. The summed E-state index contributed by atoms with van der Waals surface area (Å²) < 4.78 is 6.62. The third kappa shape index (κ3) is 2.62. The molecule has 0 saturated heterocycles. The van der Waals surface area contributed by atoms with E-state index >= 15 is 0 Å². The van der Waals surface area contributed by atoms with Crippen molar-refractivity contribution < 1.29 is 4.42 Å². The number of furan rings is 1. The van der Waals surface area contributed by atoms with E-state index in [1.807, 2.05) is 24.3 Å². The average Bonchev–Trinajstić information content (AvgIpc) is 2.99. The zero-order chi connectivity index (χ0) is 13.8. The third-order valence-electron chi connectivity index (χ3n) is 3.17. The normalized spacial score (nSPS) is 11.0. The predicted octanol–water partition coefficient (Wildman–Crippen LogP) is 1.78. The van der Waals surface area contributed by atoms with Crippen molar-refractivity contribution in [1.29, 1.82) is 0 Å². The summed E-state index contributed by atoms with van der Waals surface area (Å²) in [7, 11) is 0. The number of aromatic nitrogens is 2. The molecule has 0 radical (unpaired) electrons. The van der Waals surface area contributed by atoms with Crippen LogP contribution in [0.5, 0.6) is 0 Å². The van der Waals surface area contributed by atoms with Gasteiger partial charge in [0.2, 0.25) is 0 Å². The highest BCUT2D eigenvalue weighted by Gasteiger charge is 2.02. The third-order valence-corrected chi connectivity index (χ3v) is 3.17. The highest BCUT2D eigenvalue weighted by molar-refractivity contribution is 5.76. The number of benzene rings is 1. The Balaban J connectivity index is 1.66. The molecule has 0 atom stereocenters. The molecule has 5 nitrogen and oxygen atoms in total. The number of hydrogen-bond acceptors (Lipinski definition) is 4. The zero-order valence-electron chi connectivity index (χ0n) is 11.0. The summed E-state index contributed by atoms with van der Waals surface area (Å²) in [6.07, 6.45) is 4.95. The Morgan fingerprint density at radius 3 is 3.00 bits per heavy atom. The molecule has 0 amide bonds. The topological polar surface area (TPSA) is 60.1 Å². The molecule has 0 aliphatic heterocycles. The van der Waals surface area contributed by atoms with Gasteiger partial charge in [-0.2, -0.15) is 0 Å². The highest BCUT2D eigenvalue weighted by Crippen LogP contribution is 2.04. The number of nitrogens with one attached hydrogen (secondary N) is 1. The van der Waals surface area contributed by atoms with Gasteiger partial charge in [0, 0.05) is 25.2 Å². The molecule has 0 spiro atoms. The van der Waals surface area contributed by atoms with Crippen LogP contribution >= 0.6 is 0 Å². The standard InChI is InChI=1S/C15H15N3O2/c19-15-13-3-1-2-4-14(13)17-11-18(15)7-6-16-9-12-5-8-20-10-12/h1-5,8,10-11,16H,6-7,9H2. The maximum atomic E-state index is 12.2. The zero-order valence-corrected chi connectivity index (χ0v) is 11.0. The smallest absolute Gasteiger partial charge is 0.261 e. The van der Waals surface area contributed by atoms with Crippen molar-refractivity contribution in [3.8, 4) is 0 Å². The van der Waals surface area contributed by atoms with Gasteiger partial charge in [-0.25, -0.2) is 4.98 Å². The molecular weight excluding hydrogens is 254 g/mol. The molecule has 3 aromatic rings. The predicted molar refractivity (Wildman–Crippen MR) is 76.4 cm³/mol. The molecule has 1 N–H and O–H groups in total. The van der Waals surface area contributed by atoms with Crippen molar-refractivity contribution >= 4 is 10.9 Å². The summed E-state index contributed by atoms with van der Waals surface area (Å²) in [5.74, 6) is 0.